The molecule has 1 aliphatic heterocycles. The van der Waals surface area contributed by atoms with E-state index in [1.54, 1.807) is 0 Å². The zero-order valence-corrected chi connectivity index (χ0v) is 12.0. The lowest BCUT2D eigenvalue weighted by Gasteiger charge is -2.25. The van der Waals surface area contributed by atoms with E-state index in [4.69, 9.17) is 46.4 Å². The van der Waals surface area contributed by atoms with Crippen molar-refractivity contribution >= 4 is 98.1 Å². The van der Waals surface area contributed by atoms with E-state index in [2.05, 4.69) is 18.7 Å². The van der Waals surface area contributed by atoms with Crippen LogP contribution in [-0.4, -0.2) is 97.2 Å². The molecule has 1 saturated heterocycles. The first kappa shape index (κ1) is 19.1. The van der Waals surface area contributed by atoms with E-state index in [1.165, 1.54) is 32.8 Å². The van der Waals surface area contributed by atoms with Crippen LogP contribution in [0.1, 0.15) is 13.3 Å². The van der Waals surface area contributed by atoms with Crippen molar-refractivity contribution in [3.05, 3.63) is 0 Å². The van der Waals surface area contributed by atoms with Crippen molar-refractivity contribution in [1.82, 2.24) is 0 Å². The van der Waals surface area contributed by atoms with E-state index >= 15 is 0 Å². The van der Waals surface area contributed by atoms with Crippen LogP contribution in [0.2, 0.25) is 6.32 Å². The van der Waals surface area contributed by atoms with Crippen LogP contribution in [0.15, 0.2) is 0 Å². The van der Waals surface area contributed by atoms with Crippen molar-refractivity contribution in [3.63, 3.8) is 0 Å². The van der Waals surface area contributed by atoms with Gasteiger partial charge in [-0.2, -0.15) is 11.8 Å². The highest BCUT2D eigenvalue weighted by Crippen LogP contribution is 2.26. The molecular weight excluding hydrogens is 222 g/mol. The number of hydrogen-bond donors (Lipinski definition) is 0. The molecular formula is C5H11B12S. The summed E-state index contributed by atoms with van der Waals surface area (Å²) in [5.74, 6) is 1.38. The lowest BCUT2D eigenvalue weighted by atomic mass is 8.56. The molecule has 1 aliphatic rings. The molecule has 73 valence electrons. The highest BCUT2D eigenvalue weighted by molar-refractivity contribution is 8.02. The summed E-state index contributed by atoms with van der Waals surface area (Å²) in [6, 6.07) is 0. The van der Waals surface area contributed by atoms with Gasteiger partial charge in [-0.05, 0) is 17.3 Å². The van der Waals surface area contributed by atoms with Gasteiger partial charge in [0.25, 0.3) is 0 Å². The highest BCUT2D eigenvalue weighted by Gasteiger charge is 2.26. The zero-order chi connectivity index (χ0) is 14.1. The third-order valence-corrected chi connectivity index (χ3v) is 4.22. The first-order chi connectivity index (χ1) is 8.43. The summed E-state index contributed by atoms with van der Waals surface area (Å²) < 4.78 is 0. The molecule has 1 unspecified atom stereocenters. The molecule has 0 nitrogen and oxygen atoms in total. The lowest BCUT2D eigenvalue weighted by molar-refractivity contribution is 1.11. The zero-order valence-electron chi connectivity index (χ0n) is 11.2. The molecule has 18 heavy (non-hydrogen) atoms. The first-order valence-electron chi connectivity index (χ1n) is 6.38. The van der Waals surface area contributed by atoms with E-state index in [-0.39, 0.29) is 6.39 Å². The molecule has 1 rings (SSSR count). The van der Waals surface area contributed by atoms with Gasteiger partial charge >= 0.3 is 0 Å². The molecule has 0 aliphatic carbocycles. The minimum atomic E-state index is -0.648. The van der Waals surface area contributed by atoms with Gasteiger partial charge in [0.2, 0.25) is 0 Å². The van der Waals surface area contributed by atoms with E-state index in [1.807, 2.05) is 0 Å². The second kappa shape index (κ2) is 10.9. The third-order valence-electron chi connectivity index (χ3n) is 2.64. The van der Waals surface area contributed by atoms with Crippen LogP contribution >= 0.6 is 11.8 Å². The Morgan fingerprint density at radius 1 is 1.22 bits per heavy atom. The van der Waals surface area contributed by atoms with E-state index in [0.717, 1.165) is 5.15 Å². The SMILES string of the molecule is CCCSC1BC1.[B][B]B([B])B(B([B])[B])B([B])[B]. The first-order valence-corrected chi connectivity index (χ1v) is 7.43. The summed E-state index contributed by atoms with van der Waals surface area (Å²) >= 11 is 2.14. The van der Waals surface area contributed by atoms with Crippen molar-refractivity contribution in [2.75, 3.05) is 5.75 Å². The molecule has 1 atom stereocenters. The van der Waals surface area contributed by atoms with Crippen LogP contribution in [0.3, 0.4) is 0 Å². The minimum Gasteiger partial charge on any atom is -0.168 e. The van der Waals surface area contributed by atoms with Crippen LogP contribution in [0.25, 0.3) is 0 Å². The molecule has 1 fully saturated rings. The number of hydrogen-bond acceptors (Lipinski definition) is 1. The molecule has 0 N–H and O–H groups in total. The summed E-state index contributed by atoms with van der Waals surface area (Å²) in [6.45, 7) is 2.25. The average Bonchev–Trinajstić information content (AvgIpc) is 3.09. The van der Waals surface area contributed by atoms with Crippen molar-refractivity contribution < 1.29 is 0 Å². The molecule has 13 heteroatoms. The smallest absolute Gasteiger partial charge is 0.136 e. The quantitative estimate of drug-likeness (QED) is 0.426. The fourth-order valence-corrected chi connectivity index (χ4v) is 2.46. The largest absolute Gasteiger partial charge is 0.168 e. The Balaban J connectivity index is 0.000000351. The summed E-state index contributed by atoms with van der Waals surface area (Å²) in [4.78, 5) is 0. The molecule has 1 heterocycles. The van der Waals surface area contributed by atoms with Gasteiger partial charge in [-0.25, -0.2) is 0 Å². The molecule has 0 bridgehead atoms. The molecule has 0 spiro atoms. The van der Waals surface area contributed by atoms with Gasteiger partial charge in [0.1, 0.15) is 7.28 Å². The van der Waals surface area contributed by atoms with Crippen molar-refractivity contribution in [1.29, 1.82) is 0 Å². The van der Waals surface area contributed by atoms with Crippen LogP contribution in [0, 0.1) is 0 Å². The average molecular weight is 233 g/mol. The molecule has 13 radical (unpaired) electrons. The Labute approximate surface area is 128 Å². The fourth-order valence-electron chi connectivity index (χ4n) is 1.42. The topological polar surface area (TPSA) is 0 Å². The monoisotopic (exact) mass is 235 g/mol. The van der Waals surface area contributed by atoms with E-state index in [9.17, 15) is 0 Å². The number of rotatable bonds is 7. The number of thioether (sulfide) groups is 1. The Morgan fingerprint density at radius 3 is 1.94 bits per heavy atom. The minimum absolute atomic E-state index is 0.389. The lowest BCUT2D eigenvalue weighted by Crippen LogP contribution is -2.63. The van der Waals surface area contributed by atoms with E-state index < -0.39 is 19.2 Å². The Morgan fingerprint density at radius 2 is 1.72 bits per heavy atom. The van der Waals surface area contributed by atoms with Gasteiger partial charge in [0.15, 0.2) is 0 Å². The van der Waals surface area contributed by atoms with Crippen molar-refractivity contribution in [3.8, 4) is 0 Å². The fraction of sp³-hybridized carbons (Fsp3) is 1.00. The van der Waals surface area contributed by atoms with Gasteiger partial charge in [-0.3, -0.25) is 0 Å². The Kier molecular flexibility index (Phi) is 11.5. The Hall–Kier alpha value is 1.13. The van der Waals surface area contributed by atoms with Crippen LogP contribution in [-0.2, 0) is 0 Å². The summed E-state index contributed by atoms with van der Waals surface area (Å²) in [5, 5.41) is 1.07. The molecule has 0 saturated carbocycles. The summed E-state index contributed by atoms with van der Waals surface area (Å²) in [6.07, 6.45) is 0.691. The molecule has 0 aromatic rings. The van der Waals surface area contributed by atoms with Crippen molar-refractivity contribution in [2.24, 2.45) is 0 Å². The maximum absolute atomic E-state index is 5.52. The Bertz CT molecular complexity index is 189. The highest BCUT2D eigenvalue weighted by atomic mass is 32.2. The maximum atomic E-state index is 5.52. The van der Waals surface area contributed by atoms with Crippen LogP contribution in [0.4, 0.5) is 0 Å². The summed E-state index contributed by atoms with van der Waals surface area (Å²) in [5.41, 5.74) is 0. The normalized spacial score (nSPS) is 15.5. The maximum Gasteiger partial charge on any atom is 0.136 e. The van der Waals surface area contributed by atoms with Gasteiger partial charge in [-0.15, -0.1) is 0 Å². The van der Waals surface area contributed by atoms with Gasteiger partial charge in [0, 0.05) is 79.0 Å². The molecule has 0 aromatic carbocycles. The summed E-state index contributed by atoms with van der Waals surface area (Å²) in [7, 11) is 35.0. The second-order valence-corrected chi connectivity index (χ2v) is 5.98. The van der Waals surface area contributed by atoms with Crippen LogP contribution in [0.5, 0.6) is 0 Å². The van der Waals surface area contributed by atoms with Gasteiger partial charge in [0.05, 0.1) is 0 Å². The molecule has 0 aromatic heterocycles. The van der Waals surface area contributed by atoms with Crippen molar-refractivity contribution in [2.45, 2.75) is 24.8 Å². The van der Waals surface area contributed by atoms with Crippen LogP contribution < -0.4 is 0 Å². The van der Waals surface area contributed by atoms with E-state index in [0.29, 0.717) is 0 Å². The third kappa shape index (κ3) is 9.10. The standard InChI is InChI=1S/C5H11BS.B11/c1-2-3-7-5-4-6-5;1-7-10(6)11(8(2)3)9(4)5/h5-6H,2-4H2,1H3;. The molecule has 0 amide bonds. The van der Waals surface area contributed by atoms with Gasteiger partial charge in [-0.1, -0.05) is 13.2 Å². The second-order valence-electron chi connectivity index (χ2n) is 4.57. The predicted octanol–water partition coefficient (Wildman–Crippen LogP) is -2.86. The predicted molar refractivity (Wildman–Crippen MR) is 102 cm³/mol. The van der Waals surface area contributed by atoms with Gasteiger partial charge < -0.3 is 0 Å².